The molecule has 2 rings (SSSR count). The number of hydrogen-bond donors (Lipinski definition) is 1. The zero-order chi connectivity index (χ0) is 14.5. The molecule has 0 aliphatic carbocycles. The van der Waals surface area contributed by atoms with E-state index in [4.69, 9.17) is 4.74 Å². The average molecular weight is 274 g/mol. The summed E-state index contributed by atoms with van der Waals surface area (Å²) in [5.41, 5.74) is 2.77. The van der Waals surface area contributed by atoms with E-state index < -0.39 is 0 Å². The van der Waals surface area contributed by atoms with Gasteiger partial charge in [0.2, 0.25) is 0 Å². The number of methoxy groups -OCH3 is 1. The van der Waals surface area contributed by atoms with Gasteiger partial charge in [-0.2, -0.15) is 0 Å². The third-order valence-electron chi connectivity index (χ3n) is 2.99. The van der Waals surface area contributed by atoms with Crippen molar-refractivity contribution >= 4 is 0 Å². The van der Waals surface area contributed by atoms with Crippen LogP contribution in [0.4, 0.5) is 4.39 Å². The molecule has 1 N–H and O–H groups in total. The zero-order valence-corrected chi connectivity index (χ0v) is 12.0. The Kier molecular flexibility index (Phi) is 4.69. The first-order valence-corrected chi connectivity index (χ1v) is 6.61. The second-order valence-corrected chi connectivity index (χ2v) is 4.97. The first kappa shape index (κ1) is 14.5. The summed E-state index contributed by atoms with van der Waals surface area (Å²) >= 11 is 0. The highest BCUT2D eigenvalue weighted by atomic mass is 19.1. The van der Waals surface area contributed by atoms with Crippen LogP contribution in [0.1, 0.15) is 19.4 Å². The summed E-state index contributed by atoms with van der Waals surface area (Å²) in [5.74, 6) is -0.116. The van der Waals surface area contributed by atoms with Crippen molar-refractivity contribution in [3.8, 4) is 16.9 Å². The van der Waals surface area contributed by atoms with Gasteiger partial charge in [-0.3, -0.25) is 4.98 Å². The van der Waals surface area contributed by atoms with Gasteiger partial charge in [0.1, 0.15) is 0 Å². The van der Waals surface area contributed by atoms with E-state index in [9.17, 15) is 4.39 Å². The Bertz CT molecular complexity index is 584. The van der Waals surface area contributed by atoms with E-state index in [0.29, 0.717) is 6.04 Å². The van der Waals surface area contributed by atoms with Crippen molar-refractivity contribution in [3.63, 3.8) is 0 Å². The highest BCUT2D eigenvalue weighted by Gasteiger charge is 2.06. The van der Waals surface area contributed by atoms with Gasteiger partial charge in [0, 0.05) is 30.5 Å². The molecule has 0 saturated carbocycles. The molecular formula is C16H19FN2O. The Balaban J connectivity index is 2.24. The summed E-state index contributed by atoms with van der Waals surface area (Å²) in [7, 11) is 1.46. The van der Waals surface area contributed by atoms with Crippen LogP contribution in [0.25, 0.3) is 11.1 Å². The normalized spacial score (nSPS) is 10.8. The second-order valence-electron chi connectivity index (χ2n) is 4.97. The van der Waals surface area contributed by atoms with E-state index in [-0.39, 0.29) is 11.6 Å². The Morgan fingerprint density at radius 3 is 2.65 bits per heavy atom. The summed E-state index contributed by atoms with van der Waals surface area (Å²) in [6.45, 7) is 4.93. The van der Waals surface area contributed by atoms with Gasteiger partial charge in [-0.15, -0.1) is 0 Å². The molecule has 0 aliphatic heterocycles. The fourth-order valence-electron chi connectivity index (χ4n) is 1.91. The lowest BCUT2D eigenvalue weighted by Gasteiger charge is -2.10. The molecule has 1 aromatic carbocycles. The van der Waals surface area contributed by atoms with Gasteiger partial charge in [0.05, 0.1) is 7.11 Å². The lowest BCUT2D eigenvalue weighted by Crippen LogP contribution is -2.21. The number of pyridine rings is 1. The van der Waals surface area contributed by atoms with Gasteiger partial charge in [-0.1, -0.05) is 19.9 Å². The Morgan fingerprint density at radius 1 is 1.20 bits per heavy atom. The van der Waals surface area contributed by atoms with Crippen LogP contribution in [-0.2, 0) is 6.54 Å². The summed E-state index contributed by atoms with van der Waals surface area (Å²) in [6.07, 6.45) is 3.55. The van der Waals surface area contributed by atoms with E-state index in [1.54, 1.807) is 12.3 Å². The average Bonchev–Trinajstić information content (AvgIpc) is 2.45. The molecule has 0 bridgehead atoms. The largest absolute Gasteiger partial charge is 0.494 e. The number of nitrogens with zero attached hydrogens (tertiary/aromatic N) is 1. The molecule has 1 aromatic heterocycles. The lowest BCUT2D eigenvalue weighted by molar-refractivity contribution is 0.386. The molecule has 3 nitrogen and oxygen atoms in total. The van der Waals surface area contributed by atoms with Crippen molar-refractivity contribution in [1.82, 2.24) is 10.3 Å². The third kappa shape index (κ3) is 3.54. The molecule has 0 fully saturated rings. The standard InChI is InChI=1S/C16H19FN2O/c1-11(2)19-9-12-6-14(10-18-8-12)13-4-5-16(20-3)15(17)7-13/h4-8,10-11,19H,9H2,1-3H3. The van der Waals surface area contributed by atoms with Crippen LogP contribution in [0.3, 0.4) is 0 Å². The molecule has 1 heterocycles. The topological polar surface area (TPSA) is 34.1 Å². The first-order valence-electron chi connectivity index (χ1n) is 6.61. The molecular weight excluding hydrogens is 255 g/mol. The molecule has 2 aromatic rings. The molecule has 20 heavy (non-hydrogen) atoms. The molecule has 0 atom stereocenters. The quantitative estimate of drug-likeness (QED) is 0.907. The number of hydrogen-bond acceptors (Lipinski definition) is 3. The summed E-state index contributed by atoms with van der Waals surface area (Å²) < 4.78 is 18.7. The van der Waals surface area contributed by atoms with Gasteiger partial charge < -0.3 is 10.1 Å². The fourth-order valence-corrected chi connectivity index (χ4v) is 1.91. The molecule has 0 aliphatic rings. The number of benzene rings is 1. The van der Waals surface area contributed by atoms with Crippen molar-refractivity contribution in [2.24, 2.45) is 0 Å². The number of aromatic nitrogens is 1. The fraction of sp³-hybridized carbons (Fsp3) is 0.312. The highest BCUT2D eigenvalue weighted by Crippen LogP contribution is 2.25. The highest BCUT2D eigenvalue weighted by molar-refractivity contribution is 5.64. The van der Waals surface area contributed by atoms with Crippen LogP contribution in [0.5, 0.6) is 5.75 Å². The van der Waals surface area contributed by atoms with Crippen LogP contribution in [0.15, 0.2) is 36.7 Å². The Labute approximate surface area is 118 Å². The minimum Gasteiger partial charge on any atom is -0.494 e. The SMILES string of the molecule is COc1ccc(-c2cncc(CNC(C)C)c2)cc1F. The van der Waals surface area contributed by atoms with Crippen LogP contribution >= 0.6 is 0 Å². The molecule has 0 unspecified atom stereocenters. The van der Waals surface area contributed by atoms with Crippen LogP contribution in [0.2, 0.25) is 0 Å². The smallest absolute Gasteiger partial charge is 0.165 e. The number of nitrogens with one attached hydrogen (secondary N) is 1. The molecule has 0 radical (unpaired) electrons. The maximum Gasteiger partial charge on any atom is 0.165 e. The summed E-state index contributed by atoms with van der Waals surface area (Å²) in [6, 6.07) is 7.36. The summed E-state index contributed by atoms with van der Waals surface area (Å²) in [4.78, 5) is 4.22. The van der Waals surface area contributed by atoms with E-state index in [1.165, 1.54) is 13.2 Å². The first-order chi connectivity index (χ1) is 9.60. The molecule has 4 heteroatoms. The van der Waals surface area contributed by atoms with Gasteiger partial charge in [-0.05, 0) is 29.3 Å². The molecule has 106 valence electrons. The predicted molar refractivity (Wildman–Crippen MR) is 78.2 cm³/mol. The van der Waals surface area contributed by atoms with Gasteiger partial charge in [0.25, 0.3) is 0 Å². The van der Waals surface area contributed by atoms with E-state index in [0.717, 1.165) is 23.2 Å². The predicted octanol–water partition coefficient (Wildman–Crippen LogP) is 3.39. The Morgan fingerprint density at radius 2 is 2.00 bits per heavy atom. The van der Waals surface area contributed by atoms with Gasteiger partial charge >= 0.3 is 0 Å². The minimum absolute atomic E-state index is 0.249. The van der Waals surface area contributed by atoms with Crippen LogP contribution < -0.4 is 10.1 Å². The van der Waals surface area contributed by atoms with Crippen LogP contribution in [-0.4, -0.2) is 18.1 Å². The molecule has 0 spiro atoms. The van der Waals surface area contributed by atoms with E-state index >= 15 is 0 Å². The lowest BCUT2D eigenvalue weighted by atomic mass is 10.1. The van der Waals surface area contributed by atoms with E-state index in [1.807, 2.05) is 18.3 Å². The molecule has 0 amide bonds. The maximum atomic E-state index is 13.7. The zero-order valence-electron chi connectivity index (χ0n) is 12.0. The van der Waals surface area contributed by atoms with Crippen molar-refractivity contribution in [3.05, 3.63) is 48.0 Å². The van der Waals surface area contributed by atoms with Crippen LogP contribution in [0, 0.1) is 5.82 Å². The molecule has 0 saturated heterocycles. The maximum absolute atomic E-state index is 13.7. The van der Waals surface area contributed by atoms with E-state index in [2.05, 4.69) is 24.1 Å². The Hall–Kier alpha value is -1.94. The van der Waals surface area contributed by atoms with Crippen molar-refractivity contribution in [2.75, 3.05) is 7.11 Å². The number of halogens is 1. The number of rotatable bonds is 5. The monoisotopic (exact) mass is 274 g/mol. The van der Waals surface area contributed by atoms with Gasteiger partial charge in [0.15, 0.2) is 11.6 Å². The van der Waals surface area contributed by atoms with Crippen molar-refractivity contribution in [2.45, 2.75) is 26.4 Å². The third-order valence-corrected chi connectivity index (χ3v) is 2.99. The minimum atomic E-state index is -0.365. The number of ether oxygens (including phenoxy) is 1. The second kappa shape index (κ2) is 6.48. The summed E-state index contributed by atoms with van der Waals surface area (Å²) in [5, 5.41) is 3.34. The van der Waals surface area contributed by atoms with Crippen molar-refractivity contribution < 1.29 is 9.13 Å². The van der Waals surface area contributed by atoms with Gasteiger partial charge in [-0.25, -0.2) is 4.39 Å². The van der Waals surface area contributed by atoms with Crippen molar-refractivity contribution in [1.29, 1.82) is 0 Å².